The van der Waals surface area contributed by atoms with E-state index in [2.05, 4.69) is 225 Å². The topological polar surface area (TPSA) is 6.48 Å². The quantitative estimate of drug-likeness (QED) is 0.159. The van der Waals surface area contributed by atoms with Gasteiger partial charge in [-0.2, -0.15) is 0 Å². The normalized spacial score (nSPS) is 20.9. The van der Waals surface area contributed by atoms with Crippen LogP contribution in [-0.4, -0.2) is 6.71 Å². The monoisotopic (exact) mass is 933 g/mol. The number of aryl methyl sites for hydroxylation is 1. The van der Waals surface area contributed by atoms with Crippen LogP contribution >= 0.6 is 11.3 Å². The van der Waals surface area contributed by atoms with E-state index >= 15 is 0 Å². The fourth-order valence-corrected chi connectivity index (χ4v) is 15.1. The number of nitrogens with zero attached hydrogens (tertiary/aromatic N) is 2. The van der Waals surface area contributed by atoms with Crippen molar-refractivity contribution in [2.45, 2.75) is 213 Å². The molecule has 0 fully saturated rings. The molecule has 360 valence electrons. The summed E-state index contributed by atoms with van der Waals surface area (Å²) in [6.07, 6.45) is 7.15. The van der Waals surface area contributed by atoms with Crippen molar-refractivity contribution in [2.75, 3.05) is 9.80 Å². The number of benzene rings is 5. The molecule has 0 atom stereocenters. The summed E-state index contributed by atoms with van der Waals surface area (Å²) in [5.74, 6) is 0. The first-order valence-corrected chi connectivity index (χ1v) is 27.5. The van der Waals surface area contributed by atoms with Gasteiger partial charge < -0.3 is 9.80 Å². The third kappa shape index (κ3) is 6.89. The van der Waals surface area contributed by atoms with Gasteiger partial charge in [-0.25, -0.2) is 0 Å². The summed E-state index contributed by atoms with van der Waals surface area (Å²) >= 11 is 2.09. The molecule has 1 aromatic heterocycles. The summed E-state index contributed by atoms with van der Waals surface area (Å²) in [7, 11) is 0. The van der Waals surface area contributed by atoms with Gasteiger partial charge in [0.05, 0.1) is 5.69 Å². The lowest BCUT2D eigenvalue weighted by molar-refractivity contribution is 0.331. The van der Waals surface area contributed by atoms with Gasteiger partial charge in [0, 0.05) is 43.3 Å². The van der Waals surface area contributed by atoms with E-state index in [1.807, 2.05) is 0 Å². The summed E-state index contributed by atoms with van der Waals surface area (Å²) in [6, 6.07) is 30.7. The van der Waals surface area contributed by atoms with Crippen LogP contribution in [-0.2, 0) is 43.3 Å². The van der Waals surface area contributed by atoms with Gasteiger partial charge in [-0.3, -0.25) is 0 Å². The van der Waals surface area contributed by atoms with Gasteiger partial charge >= 0.3 is 0 Å². The van der Waals surface area contributed by atoms with E-state index in [-0.39, 0.29) is 50.0 Å². The Morgan fingerprint density at radius 2 is 0.942 bits per heavy atom. The Kier molecular flexibility index (Phi) is 9.86. The van der Waals surface area contributed by atoms with E-state index in [9.17, 15) is 0 Å². The van der Waals surface area contributed by atoms with Crippen LogP contribution in [0.15, 0.2) is 72.8 Å². The van der Waals surface area contributed by atoms with Crippen molar-refractivity contribution >= 4 is 78.0 Å². The molecule has 6 aromatic rings. The molecule has 0 bridgehead atoms. The maximum atomic E-state index is 2.85. The molecule has 2 aliphatic heterocycles. The molecule has 0 radical (unpaired) electrons. The lowest BCUT2D eigenvalue weighted by Crippen LogP contribution is -2.61. The average Bonchev–Trinajstić information content (AvgIpc) is 3.62. The number of hydrogen-bond donors (Lipinski definition) is 0. The minimum Gasteiger partial charge on any atom is -0.311 e. The van der Waals surface area contributed by atoms with Crippen LogP contribution in [0.3, 0.4) is 0 Å². The first-order chi connectivity index (χ1) is 31.8. The van der Waals surface area contributed by atoms with Gasteiger partial charge in [0.2, 0.25) is 0 Å². The third-order valence-electron chi connectivity index (χ3n) is 18.8. The fraction of sp³-hybridized carbons (Fsp3) is 0.508. The van der Waals surface area contributed by atoms with E-state index in [0.717, 1.165) is 6.42 Å². The highest BCUT2D eigenvalue weighted by molar-refractivity contribution is 7.33. The van der Waals surface area contributed by atoms with Crippen LogP contribution in [0.5, 0.6) is 0 Å². The highest BCUT2D eigenvalue weighted by Gasteiger charge is 2.51. The Morgan fingerprint density at radius 3 is 1.49 bits per heavy atom. The molecular formula is C65H81BN2S. The van der Waals surface area contributed by atoms with Gasteiger partial charge in [-0.15, -0.1) is 11.3 Å². The lowest BCUT2D eigenvalue weighted by Gasteiger charge is -2.50. The Labute approximate surface area is 421 Å². The minimum absolute atomic E-state index is 0.0193. The Morgan fingerprint density at radius 1 is 0.464 bits per heavy atom. The molecule has 0 saturated carbocycles. The van der Waals surface area contributed by atoms with E-state index < -0.39 is 0 Å². The van der Waals surface area contributed by atoms with Crippen LogP contribution in [0.4, 0.5) is 34.1 Å². The van der Waals surface area contributed by atoms with E-state index in [0.29, 0.717) is 0 Å². The molecule has 0 unspecified atom stereocenters. The number of thiophene rings is 1. The summed E-state index contributed by atoms with van der Waals surface area (Å²) in [5, 5.41) is 1.41. The Hall–Kier alpha value is -4.28. The van der Waals surface area contributed by atoms with Crippen LogP contribution in [0.2, 0.25) is 0 Å². The maximum Gasteiger partial charge on any atom is 0.264 e. The molecule has 4 heteroatoms. The van der Waals surface area contributed by atoms with Gasteiger partial charge in [-0.1, -0.05) is 155 Å². The van der Waals surface area contributed by atoms with Crippen molar-refractivity contribution in [3.05, 3.63) is 123 Å². The van der Waals surface area contributed by atoms with Crippen molar-refractivity contribution in [3.63, 3.8) is 0 Å². The van der Waals surface area contributed by atoms with Crippen LogP contribution < -0.4 is 25.5 Å². The second-order valence-electron chi connectivity index (χ2n) is 28.7. The van der Waals surface area contributed by atoms with Crippen LogP contribution in [0, 0.1) is 6.92 Å². The zero-order valence-corrected chi connectivity index (χ0v) is 46.9. The van der Waals surface area contributed by atoms with E-state index in [1.165, 1.54) is 131 Å². The van der Waals surface area contributed by atoms with Gasteiger partial charge in [0.15, 0.2) is 0 Å². The first kappa shape index (κ1) is 47.1. The molecule has 5 aromatic carbocycles. The second kappa shape index (κ2) is 14.4. The second-order valence-corrected chi connectivity index (χ2v) is 29.8. The first-order valence-electron chi connectivity index (χ1n) is 26.7. The lowest BCUT2D eigenvalue weighted by atomic mass is 9.35. The zero-order chi connectivity index (χ0) is 49.7. The molecule has 0 N–H and O–H groups in total. The summed E-state index contributed by atoms with van der Waals surface area (Å²) in [6.45, 7) is 46.9. The number of anilines is 6. The van der Waals surface area contributed by atoms with Crippen molar-refractivity contribution in [3.8, 4) is 0 Å². The predicted molar refractivity (Wildman–Crippen MR) is 304 cm³/mol. The standard InChI is InChI=1S/C65H81BN2S/c1-38-32-44-46(63(14,15)28-26-61(44,10)11)36-49(38)68-51-34-40(59(5,6)7)33-50-54(51)66(48-25-24-43-53(56(48)68)65(18,19)31-30-60(43,8)9)57-55(67(50)41-22-20-39(21-23-41)58(2,3)4)42-35-45-47(37-52(42)69-57)64(16,17)29-27-62(45,12)13/h20-25,32-37H,26-31H2,1-19H3. The van der Waals surface area contributed by atoms with Gasteiger partial charge in [0.25, 0.3) is 6.71 Å². The van der Waals surface area contributed by atoms with E-state index in [1.54, 1.807) is 11.1 Å². The highest BCUT2D eigenvalue weighted by atomic mass is 32.1. The van der Waals surface area contributed by atoms with Gasteiger partial charge in [-0.05, 0) is 192 Å². The predicted octanol–water partition coefficient (Wildman–Crippen LogP) is 16.9. The van der Waals surface area contributed by atoms with Crippen molar-refractivity contribution in [1.82, 2.24) is 0 Å². The Bertz CT molecular complexity index is 3150. The molecule has 11 rings (SSSR count). The van der Waals surface area contributed by atoms with E-state index in [4.69, 9.17) is 0 Å². The third-order valence-corrected chi connectivity index (χ3v) is 20.1. The summed E-state index contributed by atoms with van der Waals surface area (Å²) < 4.78 is 2.91. The smallest absolute Gasteiger partial charge is 0.264 e. The molecule has 3 heterocycles. The molecule has 69 heavy (non-hydrogen) atoms. The fourth-order valence-electron chi connectivity index (χ4n) is 13.8. The van der Waals surface area contributed by atoms with Gasteiger partial charge in [0.1, 0.15) is 0 Å². The highest BCUT2D eigenvalue weighted by Crippen LogP contribution is 2.58. The Balaban J connectivity index is 1.32. The molecule has 5 aliphatic rings. The van der Waals surface area contributed by atoms with Crippen molar-refractivity contribution in [1.29, 1.82) is 0 Å². The molecular weight excluding hydrogens is 852 g/mol. The van der Waals surface area contributed by atoms with Crippen LogP contribution in [0.1, 0.15) is 213 Å². The maximum absolute atomic E-state index is 2.85. The average molecular weight is 933 g/mol. The SMILES string of the molecule is Cc1cc2c(cc1N1c3cc(C(C)(C)C)cc4c3B(c3ccc5c(c31)C(C)(C)CCC5(C)C)c1sc3cc5c(cc3c1N4c1ccc(C(C)(C)C)cc1)C(C)(C)CCC5(C)C)C(C)(C)CCC2(C)C. The molecule has 2 nitrogen and oxygen atoms in total. The molecule has 0 saturated heterocycles. The molecule has 3 aliphatic carbocycles. The largest absolute Gasteiger partial charge is 0.311 e. The zero-order valence-electron chi connectivity index (χ0n) is 46.1. The molecule has 0 amide bonds. The summed E-state index contributed by atoms with van der Waals surface area (Å²) in [5.41, 5.74) is 24.8. The van der Waals surface area contributed by atoms with Crippen molar-refractivity contribution < 1.29 is 0 Å². The number of hydrogen-bond acceptors (Lipinski definition) is 3. The number of fused-ring (bicyclic) bond motifs is 10. The summed E-state index contributed by atoms with van der Waals surface area (Å²) in [4.78, 5) is 5.58. The number of rotatable bonds is 2. The molecule has 0 spiro atoms. The minimum atomic E-state index is -0.102. The van der Waals surface area contributed by atoms with Crippen LogP contribution in [0.25, 0.3) is 10.1 Å². The van der Waals surface area contributed by atoms with Crippen molar-refractivity contribution in [2.24, 2.45) is 0 Å².